The van der Waals surface area contributed by atoms with Crippen molar-refractivity contribution in [1.29, 1.82) is 0 Å². The summed E-state index contributed by atoms with van der Waals surface area (Å²) in [6.07, 6.45) is 7.69. The van der Waals surface area contributed by atoms with Crippen LogP contribution < -0.4 is 0 Å². The molecule has 2 saturated carbocycles. The Hall–Kier alpha value is -1.09. The van der Waals surface area contributed by atoms with Crippen molar-refractivity contribution in [3.05, 3.63) is 29.6 Å². The van der Waals surface area contributed by atoms with Crippen LogP contribution in [0.4, 0.5) is 0 Å². The molecule has 18 heavy (non-hydrogen) atoms. The Kier molecular flexibility index (Phi) is 3.62. The van der Waals surface area contributed by atoms with Gasteiger partial charge in [-0.2, -0.15) is 0 Å². The molecule has 1 heterocycles. The van der Waals surface area contributed by atoms with E-state index in [9.17, 15) is 9.90 Å². The number of aliphatic carboxylic acids is 1. The highest BCUT2D eigenvalue weighted by atomic mass is 35.5. The van der Waals surface area contributed by atoms with Crippen molar-refractivity contribution in [2.75, 3.05) is 0 Å². The number of carboxylic acid groups (broad SMARTS) is 1. The number of halogens is 1. The second-order valence-corrected chi connectivity index (χ2v) is 5.48. The Morgan fingerprint density at radius 2 is 2.11 bits per heavy atom. The molecule has 0 bridgehead atoms. The lowest BCUT2D eigenvalue weighted by molar-refractivity contribution is -0.154. The molecule has 0 aromatic carbocycles. The molecule has 2 aliphatic rings. The first-order valence-electron chi connectivity index (χ1n) is 6.38. The summed E-state index contributed by atoms with van der Waals surface area (Å²) in [5.74, 6) is 0.0243. The lowest BCUT2D eigenvalue weighted by atomic mass is 9.65. The van der Waals surface area contributed by atoms with Crippen LogP contribution in [0, 0.1) is 5.41 Å². The average Bonchev–Trinajstić information content (AvgIpc) is 3.07. The monoisotopic (exact) mass is 267 g/mol. The molecule has 1 N–H and O–H groups in total. The molecule has 3 rings (SSSR count). The molecule has 0 radical (unpaired) electrons. The van der Waals surface area contributed by atoms with E-state index >= 15 is 0 Å². The number of carboxylic acids is 1. The van der Waals surface area contributed by atoms with Gasteiger partial charge in [-0.25, -0.2) is 0 Å². The quantitative estimate of drug-likeness (QED) is 0.912. The third-order valence-electron chi connectivity index (χ3n) is 4.15. The maximum atomic E-state index is 11.3. The Labute approximate surface area is 113 Å². The number of hydrogen-bond acceptors (Lipinski definition) is 2. The summed E-state index contributed by atoms with van der Waals surface area (Å²) in [4.78, 5) is 15.7. The van der Waals surface area contributed by atoms with Crippen molar-refractivity contribution in [1.82, 2.24) is 4.98 Å². The Bertz CT molecular complexity index is 436. The van der Waals surface area contributed by atoms with E-state index in [0.717, 1.165) is 24.8 Å². The molecule has 2 aliphatic carbocycles. The second kappa shape index (κ2) is 4.88. The molecule has 0 saturated heterocycles. The van der Waals surface area contributed by atoms with E-state index in [1.807, 2.05) is 6.20 Å². The number of hydrogen-bond donors (Lipinski definition) is 1. The topological polar surface area (TPSA) is 50.2 Å². The summed E-state index contributed by atoms with van der Waals surface area (Å²) in [5, 5.41) is 9.28. The van der Waals surface area contributed by atoms with E-state index in [-0.39, 0.29) is 12.4 Å². The minimum atomic E-state index is -0.644. The second-order valence-electron chi connectivity index (χ2n) is 5.48. The average molecular weight is 268 g/mol. The van der Waals surface area contributed by atoms with Crippen LogP contribution in [-0.4, -0.2) is 16.1 Å². The fourth-order valence-corrected chi connectivity index (χ4v) is 2.62. The van der Waals surface area contributed by atoms with E-state index in [0.29, 0.717) is 12.3 Å². The van der Waals surface area contributed by atoms with Gasteiger partial charge in [-0.05, 0) is 43.7 Å². The van der Waals surface area contributed by atoms with Gasteiger partial charge in [-0.3, -0.25) is 9.78 Å². The third kappa shape index (κ3) is 2.37. The van der Waals surface area contributed by atoms with Crippen molar-refractivity contribution < 1.29 is 9.90 Å². The van der Waals surface area contributed by atoms with Crippen LogP contribution in [0.2, 0.25) is 0 Å². The summed E-state index contributed by atoms with van der Waals surface area (Å²) in [6, 6.07) is 4.13. The zero-order valence-corrected chi connectivity index (χ0v) is 11.1. The van der Waals surface area contributed by atoms with Crippen LogP contribution in [-0.2, 0) is 11.2 Å². The fourth-order valence-electron chi connectivity index (χ4n) is 2.62. The molecule has 0 spiro atoms. The summed E-state index contributed by atoms with van der Waals surface area (Å²) in [7, 11) is 0. The van der Waals surface area contributed by atoms with E-state index in [1.54, 1.807) is 0 Å². The third-order valence-corrected chi connectivity index (χ3v) is 4.15. The highest BCUT2D eigenvalue weighted by molar-refractivity contribution is 5.85. The molecule has 1 aromatic rings. The van der Waals surface area contributed by atoms with Crippen LogP contribution in [0.25, 0.3) is 0 Å². The van der Waals surface area contributed by atoms with Gasteiger partial charge in [0.1, 0.15) is 0 Å². The molecule has 2 fully saturated rings. The Balaban J connectivity index is 0.00000120. The number of nitrogens with zero attached hydrogens (tertiary/aromatic N) is 1. The van der Waals surface area contributed by atoms with Crippen molar-refractivity contribution in [2.45, 2.75) is 44.4 Å². The largest absolute Gasteiger partial charge is 0.481 e. The highest BCUT2D eigenvalue weighted by Crippen LogP contribution is 2.44. The van der Waals surface area contributed by atoms with E-state index in [1.165, 1.54) is 18.5 Å². The van der Waals surface area contributed by atoms with E-state index in [4.69, 9.17) is 0 Å². The van der Waals surface area contributed by atoms with Gasteiger partial charge in [-0.15, -0.1) is 12.4 Å². The SMILES string of the molecule is Cl.O=C(O)C1(Cc2ccc(C3CC3)nc2)CCC1. The Morgan fingerprint density at radius 1 is 1.39 bits per heavy atom. The Morgan fingerprint density at radius 3 is 2.50 bits per heavy atom. The number of carbonyl (C=O) groups is 1. The van der Waals surface area contributed by atoms with Crippen LogP contribution in [0.1, 0.15) is 49.3 Å². The van der Waals surface area contributed by atoms with Crippen LogP contribution in [0.15, 0.2) is 18.3 Å². The standard InChI is InChI=1S/C14H17NO2.ClH/c16-13(17)14(6-1-7-14)8-10-2-5-12(15-9-10)11-3-4-11;/h2,5,9,11H,1,3-4,6-8H2,(H,16,17);1H. The lowest BCUT2D eigenvalue weighted by Gasteiger charge is -2.37. The van der Waals surface area contributed by atoms with Gasteiger partial charge in [0.15, 0.2) is 0 Å². The molecule has 0 amide bonds. The van der Waals surface area contributed by atoms with E-state index in [2.05, 4.69) is 17.1 Å². The van der Waals surface area contributed by atoms with Crippen molar-refractivity contribution in [3.8, 4) is 0 Å². The molecule has 3 nitrogen and oxygen atoms in total. The van der Waals surface area contributed by atoms with E-state index < -0.39 is 11.4 Å². The van der Waals surface area contributed by atoms with Gasteiger partial charge in [0.2, 0.25) is 0 Å². The number of aromatic nitrogens is 1. The van der Waals surface area contributed by atoms with Gasteiger partial charge in [0.25, 0.3) is 0 Å². The predicted octanol–water partition coefficient (Wildman–Crippen LogP) is 3.18. The summed E-state index contributed by atoms with van der Waals surface area (Å²) in [6.45, 7) is 0. The van der Waals surface area contributed by atoms with Crippen molar-refractivity contribution >= 4 is 18.4 Å². The predicted molar refractivity (Wildman–Crippen MR) is 71.1 cm³/mol. The molecule has 98 valence electrons. The highest BCUT2D eigenvalue weighted by Gasteiger charge is 2.44. The molecule has 4 heteroatoms. The normalized spacial score (nSPS) is 20.7. The zero-order chi connectivity index (χ0) is 11.9. The molecule has 1 aromatic heterocycles. The van der Waals surface area contributed by atoms with Gasteiger partial charge in [-0.1, -0.05) is 12.5 Å². The number of rotatable bonds is 4. The maximum absolute atomic E-state index is 11.3. The summed E-state index contributed by atoms with van der Waals surface area (Å²) < 4.78 is 0. The smallest absolute Gasteiger partial charge is 0.309 e. The van der Waals surface area contributed by atoms with Crippen LogP contribution in [0.5, 0.6) is 0 Å². The summed E-state index contributed by atoms with van der Waals surface area (Å²) in [5.41, 5.74) is 1.74. The van der Waals surface area contributed by atoms with Crippen molar-refractivity contribution in [2.24, 2.45) is 5.41 Å². The zero-order valence-electron chi connectivity index (χ0n) is 10.3. The molecular formula is C14H18ClNO2. The van der Waals surface area contributed by atoms with Crippen LogP contribution in [0.3, 0.4) is 0 Å². The minimum Gasteiger partial charge on any atom is -0.481 e. The molecule has 0 atom stereocenters. The van der Waals surface area contributed by atoms with Gasteiger partial charge < -0.3 is 5.11 Å². The van der Waals surface area contributed by atoms with Crippen LogP contribution >= 0.6 is 12.4 Å². The van der Waals surface area contributed by atoms with Crippen molar-refractivity contribution in [3.63, 3.8) is 0 Å². The minimum absolute atomic E-state index is 0. The van der Waals surface area contributed by atoms with Gasteiger partial charge in [0.05, 0.1) is 5.41 Å². The summed E-state index contributed by atoms with van der Waals surface area (Å²) >= 11 is 0. The van der Waals surface area contributed by atoms with Gasteiger partial charge >= 0.3 is 5.97 Å². The molecule has 0 aliphatic heterocycles. The molecular weight excluding hydrogens is 250 g/mol. The first kappa shape index (κ1) is 13.3. The molecule has 0 unspecified atom stereocenters. The first-order chi connectivity index (χ1) is 8.20. The fraction of sp³-hybridized carbons (Fsp3) is 0.571. The van der Waals surface area contributed by atoms with Gasteiger partial charge in [0, 0.05) is 17.8 Å². The maximum Gasteiger partial charge on any atom is 0.309 e. The first-order valence-corrected chi connectivity index (χ1v) is 6.38. The number of pyridine rings is 1. The lowest BCUT2D eigenvalue weighted by Crippen LogP contribution is -2.39.